The molecule has 1 nitrogen and oxygen atoms in total. The van der Waals surface area contributed by atoms with Gasteiger partial charge < -0.3 is 17.0 Å². The predicted molar refractivity (Wildman–Crippen MR) is 114 cm³/mol. The zero-order valence-electron chi connectivity index (χ0n) is 15.4. The van der Waals surface area contributed by atoms with Gasteiger partial charge in [0.15, 0.2) is 0 Å². The van der Waals surface area contributed by atoms with Gasteiger partial charge in [0.05, 0.1) is 5.69 Å². The molecule has 1 aromatic heterocycles. The van der Waals surface area contributed by atoms with Crippen LogP contribution < -0.4 is 28.3 Å². The van der Waals surface area contributed by atoms with E-state index in [0.717, 1.165) is 6.16 Å². The van der Waals surface area contributed by atoms with Gasteiger partial charge in [0, 0.05) is 13.2 Å². The highest BCUT2D eigenvalue weighted by molar-refractivity contribution is 7.95. The van der Waals surface area contributed by atoms with Gasteiger partial charge in [0.25, 0.3) is 0 Å². The summed E-state index contributed by atoms with van der Waals surface area (Å²) in [6, 6.07) is 37.5. The number of nitrogens with zero attached hydrogens (tertiary/aromatic N) is 1. The number of hydrogen-bond acceptors (Lipinski definition) is 0. The predicted octanol–water partition coefficient (Wildman–Crippen LogP) is 1.52. The molecular formula is C24H23ClNP. The Hall–Kier alpha value is -2.34. The lowest BCUT2D eigenvalue weighted by Crippen LogP contribution is -3.00. The minimum absolute atomic E-state index is 0. The van der Waals surface area contributed by atoms with Gasteiger partial charge in [-0.15, -0.1) is 0 Å². The first-order chi connectivity index (χ1) is 12.8. The Morgan fingerprint density at radius 2 is 1.00 bits per heavy atom. The zero-order chi connectivity index (χ0) is 17.8. The van der Waals surface area contributed by atoms with Gasteiger partial charge in [-0.25, -0.2) is 0 Å². The van der Waals surface area contributed by atoms with Crippen molar-refractivity contribution in [3.05, 3.63) is 115 Å². The summed E-state index contributed by atoms with van der Waals surface area (Å²) < 4.78 is 2.25. The molecule has 27 heavy (non-hydrogen) atoms. The number of rotatable bonds is 5. The Labute approximate surface area is 168 Å². The van der Waals surface area contributed by atoms with Crippen molar-refractivity contribution >= 4 is 23.2 Å². The van der Waals surface area contributed by atoms with E-state index in [-0.39, 0.29) is 12.4 Å². The first-order valence-electron chi connectivity index (χ1n) is 8.96. The van der Waals surface area contributed by atoms with Crippen molar-refractivity contribution in [3.8, 4) is 0 Å². The molecule has 0 unspecified atom stereocenters. The minimum Gasteiger partial charge on any atom is -1.00 e. The number of benzene rings is 3. The van der Waals surface area contributed by atoms with E-state index in [1.807, 2.05) is 0 Å². The number of hydrogen-bond donors (Lipinski definition) is 0. The van der Waals surface area contributed by atoms with Gasteiger partial charge in [-0.3, -0.25) is 0 Å². The second-order valence-corrected chi connectivity index (χ2v) is 10.1. The molecule has 4 rings (SSSR count). The topological polar surface area (TPSA) is 4.93 Å². The summed E-state index contributed by atoms with van der Waals surface area (Å²) in [6.45, 7) is 0. The highest BCUT2D eigenvalue weighted by atomic mass is 35.5. The molecule has 4 aromatic rings. The van der Waals surface area contributed by atoms with Crippen LogP contribution in [0.3, 0.4) is 0 Å². The maximum atomic E-state index is 2.30. The van der Waals surface area contributed by atoms with E-state index in [4.69, 9.17) is 0 Å². The van der Waals surface area contributed by atoms with Crippen molar-refractivity contribution < 1.29 is 12.4 Å². The zero-order valence-corrected chi connectivity index (χ0v) is 17.0. The summed E-state index contributed by atoms with van der Waals surface area (Å²) in [5.41, 5.74) is 1.37. The van der Waals surface area contributed by atoms with Crippen molar-refractivity contribution in [1.82, 2.24) is 4.57 Å². The first-order valence-corrected chi connectivity index (χ1v) is 10.9. The molecule has 0 aliphatic rings. The molecule has 3 aromatic carbocycles. The largest absolute Gasteiger partial charge is 1.00 e. The molecule has 0 atom stereocenters. The van der Waals surface area contributed by atoms with Gasteiger partial charge in [0.1, 0.15) is 29.3 Å². The van der Waals surface area contributed by atoms with Crippen molar-refractivity contribution in [2.45, 2.75) is 6.16 Å². The van der Waals surface area contributed by atoms with Crippen LogP contribution in [0.15, 0.2) is 109 Å². The molecule has 0 aliphatic heterocycles. The molecule has 0 saturated heterocycles. The quantitative estimate of drug-likeness (QED) is 0.455. The lowest BCUT2D eigenvalue weighted by Gasteiger charge is -2.27. The highest BCUT2D eigenvalue weighted by Gasteiger charge is 2.45. The maximum Gasteiger partial charge on any atom is 0.118 e. The number of aromatic nitrogens is 1. The van der Waals surface area contributed by atoms with Crippen LogP contribution in [0.5, 0.6) is 0 Å². The van der Waals surface area contributed by atoms with Gasteiger partial charge in [-0.05, 0) is 48.5 Å². The van der Waals surface area contributed by atoms with Crippen molar-refractivity contribution in [3.63, 3.8) is 0 Å². The second-order valence-electron chi connectivity index (χ2n) is 6.58. The van der Waals surface area contributed by atoms with E-state index in [0.29, 0.717) is 0 Å². The highest BCUT2D eigenvalue weighted by Crippen LogP contribution is 2.58. The second kappa shape index (κ2) is 8.57. The summed E-state index contributed by atoms with van der Waals surface area (Å²) in [6.07, 6.45) is 3.17. The Morgan fingerprint density at radius 3 is 1.33 bits per heavy atom. The molecule has 0 aliphatic carbocycles. The van der Waals surface area contributed by atoms with Crippen LogP contribution in [-0.4, -0.2) is 4.57 Å². The third kappa shape index (κ3) is 3.72. The maximum absolute atomic E-state index is 2.30. The van der Waals surface area contributed by atoms with Gasteiger partial charge in [-0.2, -0.15) is 0 Å². The summed E-state index contributed by atoms with van der Waals surface area (Å²) in [4.78, 5) is 0. The third-order valence-corrected chi connectivity index (χ3v) is 9.38. The molecule has 0 bridgehead atoms. The average molecular weight is 392 g/mol. The Balaban J connectivity index is 0.00000210. The molecular weight excluding hydrogens is 369 g/mol. The normalized spacial score (nSPS) is 11.0. The Kier molecular flexibility index (Phi) is 6.16. The monoisotopic (exact) mass is 391 g/mol. The van der Waals surface area contributed by atoms with Crippen LogP contribution in [0.2, 0.25) is 0 Å². The van der Waals surface area contributed by atoms with Crippen LogP contribution in [-0.2, 0) is 13.2 Å². The van der Waals surface area contributed by atoms with Crippen LogP contribution in [0.25, 0.3) is 0 Å². The Morgan fingerprint density at radius 1 is 0.593 bits per heavy atom. The standard InChI is InChI=1S/C24H23NP.ClH/c1-25-19-11-12-21(25)20-26(22-13-5-2-6-14-22,23-15-7-3-8-16-23)24-17-9-4-10-18-24;/h2-19H,20H2,1H3;1H/q+1;/p-1. The number of aryl methyl sites for hydroxylation is 1. The molecule has 0 saturated carbocycles. The Bertz CT molecular complexity index is 868. The molecule has 0 spiro atoms. The van der Waals surface area contributed by atoms with Crippen LogP contribution in [0.4, 0.5) is 0 Å². The van der Waals surface area contributed by atoms with E-state index >= 15 is 0 Å². The van der Waals surface area contributed by atoms with Crippen LogP contribution >= 0.6 is 7.26 Å². The van der Waals surface area contributed by atoms with Crippen LogP contribution in [0, 0.1) is 0 Å². The smallest absolute Gasteiger partial charge is 0.118 e. The third-order valence-electron chi connectivity index (χ3n) is 5.04. The molecule has 1 heterocycles. The summed E-state index contributed by atoms with van der Waals surface area (Å²) in [5, 5.41) is 4.29. The van der Waals surface area contributed by atoms with Gasteiger partial charge in [-0.1, -0.05) is 54.6 Å². The minimum atomic E-state index is -1.79. The molecule has 136 valence electrons. The van der Waals surface area contributed by atoms with Crippen molar-refractivity contribution in [2.75, 3.05) is 0 Å². The fourth-order valence-electron chi connectivity index (χ4n) is 3.67. The van der Waals surface area contributed by atoms with Crippen molar-refractivity contribution in [2.24, 2.45) is 7.05 Å². The average Bonchev–Trinajstić information content (AvgIpc) is 3.12. The molecule has 0 fully saturated rings. The van der Waals surface area contributed by atoms with Gasteiger partial charge >= 0.3 is 0 Å². The fraction of sp³-hybridized carbons (Fsp3) is 0.0833. The summed E-state index contributed by atoms with van der Waals surface area (Å²) in [5.74, 6) is 0. The molecule has 3 heteroatoms. The van der Waals surface area contributed by atoms with E-state index in [9.17, 15) is 0 Å². The van der Waals surface area contributed by atoms with Crippen molar-refractivity contribution in [1.29, 1.82) is 0 Å². The van der Waals surface area contributed by atoms with E-state index in [2.05, 4.69) is 121 Å². The molecule has 0 amide bonds. The first kappa shape index (κ1) is 19.4. The number of halogens is 1. The summed E-state index contributed by atoms with van der Waals surface area (Å²) >= 11 is 0. The lowest BCUT2D eigenvalue weighted by molar-refractivity contribution is -0.00000513. The van der Waals surface area contributed by atoms with E-state index < -0.39 is 7.26 Å². The van der Waals surface area contributed by atoms with E-state index in [1.165, 1.54) is 21.6 Å². The SMILES string of the molecule is Cn1cccc1C[P+](c1ccccc1)(c1ccccc1)c1ccccc1.[Cl-]. The molecule has 0 radical (unpaired) electrons. The van der Waals surface area contributed by atoms with Gasteiger partial charge in [0.2, 0.25) is 0 Å². The van der Waals surface area contributed by atoms with E-state index in [1.54, 1.807) is 0 Å². The van der Waals surface area contributed by atoms with Crippen LogP contribution in [0.1, 0.15) is 5.69 Å². The summed E-state index contributed by atoms with van der Waals surface area (Å²) in [7, 11) is 0.354. The lowest BCUT2D eigenvalue weighted by atomic mass is 10.3. The molecule has 0 N–H and O–H groups in total. The fourth-order valence-corrected chi connectivity index (χ4v) is 7.97.